The standard InChI is InChI=1S/C19H16BrFN2O2S/c1-2-23-18(24)16(22-19(23)26)10-13-9-14(20)6-7-17(13)25-11-12-4-3-5-15(21)8-12/h3-10H,2,11H2,1H3,(H,22,26). The van der Waals surface area contributed by atoms with Crippen LogP contribution in [0.25, 0.3) is 6.08 Å². The summed E-state index contributed by atoms with van der Waals surface area (Å²) in [6.07, 6.45) is 1.70. The number of amides is 1. The van der Waals surface area contributed by atoms with Gasteiger partial charge in [-0.2, -0.15) is 0 Å². The number of rotatable bonds is 5. The molecule has 0 aliphatic carbocycles. The number of thiocarbonyl (C=S) groups is 1. The number of benzene rings is 2. The van der Waals surface area contributed by atoms with Crippen LogP contribution >= 0.6 is 28.1 Å². The molecule has 0 atom stereocenters. The molecule has 3 rings (SSSR count). The molecule has 0 spiro atoms. The quantitative estimate of drug-likeness (QED) is 0.564. The lowest BCUT2D eigenvalue weighted by molar-refractivity contribution is -0.122. The first-order valence-electron chi connectivity index (χ1n) is 7.99. The Labute approximate surface area is 164 Å². The first-order valence-corrected chi connectivity index (χ1v) is 9.19. The number of hydrogen-bond donors (Lipinski definition) is 1. The monoisotopic (exact) mass is 434 g/mol. The van der Waals surface area contributed by atoms with Crippen LogP contribution in [-0.4, -0.2) is 22.5 Å². The first-order chi connectivity index (χ1) is 12.5. The molecular formula is C19H16BrFN2O2S. The fraction of sp³-hybridized carbons (Fsp3) is 0.158. The van der Waals surface area contributed by atoms with Crippen LogP contribution in [0.5, 0.6) is 5.75 Å². The van der Waals surface area contributed by atoms with Crippen molar-refractivity contribution in [3.8, 4) is 5.75 Å². The van der Waals surface area contributed by atoms with Crippen LogP contribution in [0.2, 0.25) is 0 Å². The van der Waals surface area contributed by atoms with Crippen LogP contribution in [0, 0.1) is 5.82 Å². The number of halogens is 2. The minimum atomic E-state index is -0.307. The normalized spacial score (nSPS) is 15.5. The van der Waals surface area contributed by atoms with Crippen molar-refractivity contribution in [1.82, 2.24) is 10.2 Å². The van der Waals surface area contributed by atoms with Gasteiger partial charge in [-0.1, -0.05) is 28.1 Å². The van der Waals surface area contributed by atoms with Gasteiger partial charge in [0.2, 0.25) is 0 Å². The van der Waals surface area contributed by atoms with Crippen molar-refractivity contribution in [3.63, 3.8) is 0 Å². The van der Waals surface area contributed by atoms with E-state index < -0.39 is 0 Å². The molecule has 1 amide bonds. The molecule has 2 aromatic carbocycles. The van der Waals surface area contributed by atoms with Crippen molar-refractivity contribution in [2.45, 2.75) is 13.5 Å². The molecule has 7 heteroatoms. The molecule has 1 saturated heterocycles. The Morgan fingerprint density at radius 3 is 2.81 bits per heavy atom. The fourth-order valence-electron chi connectivity index (χ4n) is 2.57. The van der Waals surface area contributed by atoms with Crippen LogP contribution in [0.1, 0.15) is 18.1 Å². The first kappa shape index (κ1) is 18.5. The van der Waals surface area contributed by atoms with Gasteiger partial charge in [0.15, 0.2) is 5.11 Å². The summed E-state index contributed by atoms with van der Waals surface area (Å²) in [6, 6.07) is 11.7. The highest BCUT2D eigenvalue weighted by Crippen LogP contribution is 2.27. The van der Waals surface area contributed by atoms with Gasteiger partial charge in [-0.3, -0.25) is 9.69 Å². The lowest BCUT2D eigenvalue weighted by atomic mass is 10.1. The molecule has 26 heavy (non-hydrogen) atoms. The minimum Gasteiger partial charge on any atom is -0.488 e. The van der Waals surface area contributed by atoms with Crippen molar-refractivity contribution >= 4 is 45.2 Å². The third-order valence-electron chi connectivity index (χ3n) is 3.83. The molecule has 4 nitrogen and oxygen atoms in total. The Bertz CT molecular complexity index is 901. The van der Waals surface area contributed by atoms with Crippen molar-refractivity contribution in [3.05, 3.63) is 69.6 Å². The number of carbonyl (C=O) groups excluding carboxylic acids is 1. The predicted octanol–water partition coefficient (Wildman–Crippen LogP) is 4.24. The fourth-order valence-corrected chi connectivity index (χ4v) is 3.27. The maximum absolute atomic E-state index is 13.3. The van der Waals surface area contributed by atoms with E-state index in [4.69, 9.17) is 17.0 Å². The lowest BCUT2D eigenvalue weighted by Crippen LogP contribution is -2.30. The molecule has 0 bridgehead atoms. The zero-order valence-corrected chi connectivity index (χ0v) is 16.4. The van der Waals surface area contributed by atoms with Crippen LogP contribution in [0.15, 0.2) is 52.6 Å². The van der Waals surface area contributed by atoms with Crippen molar-refractivity contribution < 1.29 is 13.9 Å². The molecule has 134 valence electrons. The summed E-state index contributed by atoms with van der Waals surface area (Å²) in [5.41, 5.74) is 1.83. The summed E-state index contributed by atoms with van der Waals surface area (Å²) in [5.74, 6) is 0.104. The van der Waals surface area contributed by atoms with Gasteiger partial charge >= 0.3 is 0 Å². The number of nitrogens with one attached hydrogen (secondary N) is 1. The molecular weight excluding hydrogens is 419 g/mol. The predicted molar refractivity (Wildman–Crippen MR) is 106 cm³/mol. The van der Waals surface area contributed by atoms with Gasteiger partial charge < -0.3 is 10.1 Å². The molecule has 1 aliphatic rings. The zero-order chi connectivity index (χ0) is 18.7. The van der Waals surface area contributed by atoms with Crippen LogP contribution in [0.3, 0.4) is 0 Å². The van der Waals surface area contributed by atoms with Crippen LogP contribution in [0.4, 0.5) is 4.39 Å². The van der Waals surface area contributed by atoms with E-state index >= 15 is 0 Å². The van der Waals surface area contributed by atoms with E-state index in [1.165, 1.54) is 17.0 Å². The molecule has 2 aromatic rings. The lowest BCUT2D eigenvalue weighted by Gasteiger charge is -2.11. The average molecular weight is 435 g/mol. The molecule has 1 aliphatic heterocycles. The molecule has 1 N–H and O–H groups in total. The largest absolute Gasteiger partial charge is 0.488 e. The van der Waals surface area contributed by atoms with Crippen molar-refractivity contribution in [2.75, 3.05) is 6.54 Å². The van der Waals surface area contributed by atoms with Gasteiger partial charge in [-0.05, 0) is 61.1 Å². The second-order valence-corrected chi connectivity index (χ2v) is 6.94. The molecule has 0 aromatic heterocycles. The van der Waals surface area contributed by atoms with E-state index in [9.17, 15) is 9.18 Å². The van der Waals surface area contributed by atoms with E-state index in [0.29, 0.717) is 28.7 Å². The Hall–Kier alpha value is -2.25. The minimum absolute atomic E-state index is 0.173. The summed E-state index contributed by atoms with van der Waals surface area (Å²) in [7, 11) is 0. The topological polar surface area (TPSA) is 41.6 Å². The summed E-state index contributed by atoms with van der Waals surface area (Å²) in [5, 5.41) is 3.32. The highest BCUT2D eigenvalue weighted by molar-refractivity contribution is 9.10. The Morgan fingerprint density at radius 2 is 2.12 bits per heavy atom. The zero-order valence-electron chi connectivity index (χ0n) is 14.0. The highest BCUT2D eigenvalue weighted by Gasteiger charge is 2.29. The van der Waals surface area contributed by atoms with Gasteiger partial charge in [-0.15, -0.1) is 0 Å². The number of carbonyl (C=O) groups is 1. The molecule has 0 radical (unpaired) electrons. The van der Waals surface area contributed by atoms with E-state index in [1.807, 2.05) is 19.1 Å². The van der Waals surface area contributed by atoms with Gasteiger partial charge in [0, 0.05) is 16.6 Å². The Kier molecular flexibility index (Phi) is 5.68. The van der Waals surface area contributed by atoms with Crippen molar-refractivity contribution in [1.29, 1.82) is 0 Å². The SMILES string of the molecule is CCN1C(=O)C(=Cc2cc(Br)ccc2OCc2cccc(F)c2)NC1=S. The third kappa shape index (κ3) is 4.11. The molecule has 1 heterocycles. The summed E-state index contributed by atoms with van der Waals surface area (Å²) < 4.78 is 20.0. The van der Waals surface area contributed by atoms with E-state index in [-0.39, 0.29) is 18.3 Å². The Balaban J connectivity index is 1.86. The number of nitrogens with zero attached hydrogens (tertiary/aromatic N) is 1. The van der Waals surface area contributed by atoms with Crippen LogP contribution in [-0.2, 0) is 11.4 Å². The third-order valence-corrected chi connectivity index (χ3v) is 4.65. The maximum Gasteiger partial charge on any atom is 0.276 e. The molecule has 0 saturated carbocycles. The van der Waals surface area contributed by atoms with Gasteiger partial charge in [-0.25, -0.2) is 4.39 Å². The molecule has 0 unspecified atom stereocenters. The van der Waals surface area contributed by atoms with Gasteiger partial charge in [0.05, 0.1) is 0 Å². The second kappa shape index (κ2) is 7.97. The number of likely N-dealkylation sites (N-methyl/N-ethyl adjacent to an activating group) is 1. The number of ether oxygens (including phenoxy) is 1. The molecule has 1 fully saturated rings. The van der Waals surface area contributed by atoms with E-state index in [0.717, 1.165) is 10.0 Å². The summed E-state index contributed by atoms with van der Waals surface area (Å²) >= 11 is 8.60. The summed E-state index contributed by atoms with van der Waals surface area (Å²) in [6.45, 7) is 2.58. The maximum atomic E-state index is 13.3. The highest BCUT2D eigenvalue weighted by atomic mass is 79.9. The van der Waals surface area contributed by atoms with Gasteiger partial charge in [0.1, 0.15) is 23.9 Å². The van der Waals surface area contributed by atoms with E-state index in [1.54, 1.807) is 24.3 Å². The Morgan fingerprint density at radius 1 is 1.31 bits per heavy atom. The van der Waals surface area contributed by atoms with Crippen LogP contribution < -0.4 is 10.1 Å². The number of hydrogen-bond acceptors (Lipinski definition) is 3. The van der Waals surface area contributed by atoms with Gasteiger partial charge in [0.25, 0.3) is 5.91 Å². The second-order valence-electron chi connectivity index (χ2n) is 5.64. The smallest absolute Gasteiger partial charge is 0.276 e. The van der Waals surface area contributed by atoms with E-state index in [2.05, 4.69) is 21.2 Å². The summed E-state index contributed by atoms with van der Waals surface area (Å²) in [4.78, 5) is 13.9. The van der Waals surface area contributed by atoms with Crippen molar-refractivity contribution in [2.24, 2.45) is 0 Å². The average Bonchev–Trinajstić information content (AvgIpc) is 2.87.